The fourth-order valence-corrected chi connectivity index (χ4v) is 6.91. The number of rotatable bonds is 5. The topological polar surface area (TPSA) is 42.3 Å². The summed E-state index contributed by atoms with van der Waals surface area (Å²) in [6.07, 6.45) is 2.81. The molecule has 4 nitrogen and oxygen atoms in total. The summed E-state index contributed by atoms with van der Waals surface area (Å²) in [5.74, 6) is 0. The van der Waals surface area contributed by atoms with E-state index in [0.29, 0.717) is 24.4 Å². The van der Waals surface area contributed by atoms with Crippen molar-refractivity contribution in [3.63, 3.8) is 0 Å². The van der Waals surface area contributed by atoms with Crippen LogP contribution in [0.5, 0.6) is 0 Å². The summed E-state index contributed by atoms with van der Waals surface area (Å²) in [4.78, 5) is 0.408. The molecule has 0 unspecified atom stereocenters. The summed E-state index contributed by atoms with van der Waals surface area (Å²) in [6, 6.07) is 22.6. The van der Waals surface area contributed by atoms with E-state index in [1.807, 2.05) is 26.0 Å². The summed E-state index contributed by atoms with van der Waals surface area (Å²) in [5.41, 5.74) is 9.39. The Kier molecular flexibility index (Phi) is 6.16. The maximum Gasteiger partial charge on any atom is 0.243 e. The zero-order valence-electron chi connectivity index (χ0n) is 20.9. The lowest BCUT2D eigenvalue weighted by atomic mass is 9.97. The Labute approximate surface area is 208 Å². The Morgan fingerprint density at radius 2 is 1.60 bits per heavy atom. The first kappa shape index (κ1) is 23.6. The Balaban J connectivity index is 1.50. The van der Waals surface area contributed by atoms with Crippen LogP contribution in [0.3, 0.4) is 0 Å². The molecule has 0 bridgehead atoms. The first-order chi connectivity index (χ1) is 16.8. The van der Waals surface area contributed by atoms with Gasteiger partial charge in [0, 0.05) is 41.8 Å². The molecule has 0 saturated carbocycles. The first-order valence-electron chi connectivity index (χ1n) is 12.2. The maximum absolute atomic E-state index is 13.4. The number of nitrogens with zero attached hydrogens (tertiary/aromatic N) is 2. The highest BCUT2D eigenvalue weighted by atomic mass is 32.2. The van der Waals surface area contributed by atoms with Crippen molar-refractivity contribution in [2.75, 3.05) is 13.1 Å². The standard InChI is InChI=1S/C30H32N2O2S/c1-21-13-14-29(23(3)19-21)35(33,34)31-17-15-25(16-18-31)30-24(4)32(28-12-8-7-11-27(28)30)20-26-10-6-5-9-22(26)2/h5-15,19H,16-18,20H2,1-4H3. The molecule has 1 aromatic heterocycles. The summed E-state index contributed by atoms with van der Waals surface area (Å²) < 4.78 is 30.7. The van der Waals surface area contributed by atoms with Crippen molar-refractivity contribution in [1.29, 1.82) is 0 Å². The smallest absolute Gasteiger partial charge is 0.243 e. The fraction of sp³-hybridized carbons (Fsp3) is 0.267. The number of hydrogen-bond acceptors (Lipinski definition) is 2. The van der Waals surface area contributed by atoms with Crippen molar-refractivity contribution < 1.29 is 8.42 Å². The van der Waals surface area contributed by atoms with Crippen molar-refractivity contribution >= 4 is 26.5 Å². The van der Waals surface area contributed by atoms with Gasteiger partial charge in [-0.3, -0.25) is 0 Å². The molecule has 4 aromatic rings. The lowest BCUT2D eigenvalue weighted by Crippen LogP contribution is -2.35. The molecular formula is C30H32N2O2S. The Bertz CT molecular complexity index is 1560. The molecule has 2 heterocycles. The van der Waals surface area contributed by atoms with E-state index in [9.17, 15) is 8.42 Å². The number of benzene rings is 3. The number of aromatic nitrogens is 1. The second kappa shape index (κ2) is 9.14. The average Bonchev–Trinajstić information content (AvgIpc) is 3.11. The maximum atomic E-state index is 13.4. The predicted molar refractivity (Wildman–Crippen MR) is 144 cm³/mol. The third-order valence-corrected chi connectivity index (χ3v) is 9.29. The van der Waals surface area contributed by atoms with E-state index in [4.69, 9.17) is 0 Å². The number of hydrogen-bond donors (Lipinski definition) is 0. The second-order valence-corrected chi connectivity index (χ2v) is 11.5. The molecule has 35 heavy (non-hydrogen) atoms. The molecule has 0 atom stereocenters. The fourth-order valence-electron chi connectivity index (χ4n) is 5.32. The van der Waals surface area contributed by atoms with Gasteiger partial charge in [-0.15, -0.1) is 0 Å². The van der Waals surface area contributed by atoms with Gasteiger partial charge >= 0.3 is 0 Å². The van der Waals surface area contributed by atoms with Crippen LogP contribution < -0.4 is 0 Å². The second-order valence-electron chi connectivity index (χ2n) is 9.60. The molecule has 3 aromatic carbocycles. The molecule has 0 aliphatic carbocycles. The van der Waals surface area contributed by atoms with E-state index in [1.165, 1.54) is 38.9 Å². The van der Waals surface area contributed by atoms with E-state index in [0.717, 1.165) is 17.7 Å². The van der Waals surface area contributed by atoms with Gasteiger partial charge in [0.15, 0.2) is 0 Å². The number of fused-ring (bicyclic) bond motifs is 1. The Hall–Kier alpha value is -3.15. The molecule has 0 saturated heterocycles. The largest absolute Gasteiger partial charge is 0.340 e. The van der Waals surface area contributed by atoms with Gasteiger partial charge in [-0.25, -0.2) is 8.42 Å². The van der Waals surface area contributed by atoms with Gasteiger partial charge in [-0.05, 0) is 68.5 Å². The van der Waals surface area contributed by atoms with E-state index in [-0.39, 0.29) is 0 Å². The first-order valence-corrected chi connectivity index (χ1v) is 13.6. The minimum atomic E-state index is -3.52. The monoisotopic (exact) mass is 484 g/mol. The third-order valence-electron chi connectivity index (χ3n) is 7.26. The SMILES string of the molecule is Cc1ccc(S(=O)(=O)N2CC=C(c3c(C)n(Cc4ccccc4C)c4ccccc34)CC2)c(C)c1. The number of sulfonamides is 1. The van der Waals surface area contributed by atoms with Crippen LogP contribution in [-0.4, -0.2) is 30.4 Å². The predicted octanol–water partition coefficient (Wildman–Crippen LogP) is 6.40. The highest BCUT2D eigenvalue weighted by molar-refractivity contribution is 7.89. The van der Waals surface area contributed by atoms with E-state index < -0.39 is 10.0 Å². The van der Waals surface area contributed by atoms with Gasteiger partial charge < -0.3 is 4.57 Å². The molecule has 1 aliphatic rings. The molecule has 0 radical (unpaired) electrons. The summed E-state index contributed by atoms with van der Waals surface area (Å²) in [6.45, 7) is 9.90. The van der Waals surface area contributed by atoms with E-state index in [2.05, 4.69) is 73.0 Å². The molecular weight excluding hydrogens is 452 g/mol. The van der Waals surface area contributed by atoms with Crippen molar-refractivity contribution in [3.8, 4) is 0 Å². The van der Waals surface area contributed by atoms with Crippen molar-refractivity contribution in [2.24, 2.45) is 0 Å². The van der Waals surface area contributed by atoms with Gasteiger partial charge in [0.1, 0.15) is 0 Å². The zero-order chi connectivity index (χ0) is 24.7. The lowest BCUT2D eigenvalue weighted by molar-refractivity contribution is 0.441. The normalized spacial score (nSPS) is 14.9. The van der Waals surface area contributed by atoms with Crippen LogP contribution >= 0.6 is 0 Å². The minimum Gasteiger partial charge on any atom is -0.340 e. The summed E-state index contributed by atoms with van der Waals surface area (Å²) in [7, 11) is -3.52. The van der Waals surface area contributed by atoms with Crippen LogP contribution in [0.4, 0.5) is 0 Å². The van der Waals surface area contributed by atoms with Crippen molar-refractivity contribution in [3.05, 3.63) is 106 Å². The van der Waals surface area contributed by atoms with Crippen molar-refractivity contribution in [1.82, 2.24) is 8.87 Å². The van der Waals surface area contributed by atoms with E-state index >= 15 is 0 Å². The molecule has 5 rings (SSSR count). The molecule has 5 heteroatoms. The van der Waals surface area contributed by atoms with Gasteiger partial charge in [0.05, 0.1) is 4.90 Å². The number of para-hydroxylation sites is 1. The lowest BCUT2D eigenvalue weighted by Gasteiger charge is -2.27. The summed E-state index contributed by atoms with van der Waals surface area (Å²) >= 11 is 0. The van der Waals surface area contributed by atoms with Gasteiger partial charge in [-0.1, -0.05) is 66.2 Å². The van der Waals surface area contributed by atoms with Crippen LogP contribution in [0.15, 0.2) is 77.7 Å². The van der Waals surface area contributed by atoms with Crippen molar-refractivity contribution in [2.45, 2.75) is 45.6 Å². The number of aryl methyl sites for hydroxylation is 3. The molecule has 1 aliphatic heterocycles. The van der Waals surface area contributed by atoms with Gasteiger partial charge in [0.2, 0.25) is 10.0 Å². The molecule has 0 amide bonds. The van der Waals surface area contributed by atoms with Crippen LogP contribution in [0.25, 0.3) is 16.5 Å². The quantitative estimate of drug-likeness (QED) is 0.329. The average molecular weight is 485 g/mol. The molecule has 0 spiro atoms. The minimum absolute atomic E-state index is 0.391. The molecule has 0 fully saturated rings. The van der Waals surface area contributed by atoms with Gasteiger partial charge in [0.25, 0.3) is 0 Å². The van der Waals surface area contributed by atoms with Crippen LogP contribution in [-0.2, 0) is 16.6 Å². The highest BCUT2D eigenvalue weighted by Crippen LogP contribution is 2.36. The molecule has 0 N–H and O–H groups in total. The third kappa shape index (κ3) is 4.24. The highest BCUT2D eigenvalue weighted by Gasteiger charge is 2.29. The van der Waals surface area contributed by atoms with Crippen LogP contribution in [0, 0.1) is 27.7 Å². The Morgan fingerprint density at radius 3 is 2.31 bits per heavy atom. The van der Waals surface area contributed by atoms with Gasteiger partial charge in [-0.2, -0.15) is 4.31 Å². The zero-order valence-corrected chi connectivity index (χ0v) is 21.7. The Morgan fingerprint density at radius 1 is 0.857 bits per heavy atom. The van der Waals surface area contributed by atoms with E-state index in [1.54, 1.807) is 10.4 Å². The summed E-state index contributed by atoms with van der Waals surface area (Å²) in [5, 5.41) is 1.23. The van der Waals surface area contributed by atoms with Crippen LogP contribution in [0.2, 0.25) is 0 Å². The van der Waals surface area contributed by atoms with Crippen LogP contribution in [0.1, 0.15) is 39.9 Å². The molecule has 180 valence electrons.